The number of rotatable bonds is 6. The Morgan fingerprint density at radius 1 is 1.27 bits per heavy atom. The minimum absolute atomic E-state index is 0.149. The van der Waals surface area contributed by atoms with E-state index in [4.69, 9.17) is 0 Å². The van der Waals surface area contributed by atoms with Gasteiger partial charge in [0, 0.05) is 5.92 Å². The first kappa shape index (κ1) is 17.6. The molecule has 0 saturated carbocycles. The van der Waals surface area contributed by atoms with Crippen molar-refractivity contribution in [3.05, 3.63) is 41.7 Å². The van der Waals surface area contributed by atoms with Gasteiger partial charge in [0.15, 0.2) is 0 Å². The normalized spacial score (nSPS) is 16.9. The van der Waals surface area contributed by atoms with E-state index in [0.29, 0.717) is 5.82 Å². The number of carbonyl (C=O) groups excluding carboxylic acids is 3. The molecule has 0 unspecified atom stereocenters. The van der Waals surface area contributed by atoms with Crippen molar-refractivity contribution in [2.75, 3.05) is 5.32 Å². The van der Waals surface area contributed by atoms with E-state index < -0.39 is 23.9 Å². The number of nitrogens with zero attached hydrogens (tertiary/aromatic N) is 3. The Morgan fingerprint density at radius 3 is 2.65 bits per heavy atom. The third kappa shape index (κ3) is 3.88. The van der Waals surface area contributed by atoms with Gasteiger partial charge in [-0.2, -0.15) is 4.98 Å². The number of benzene rings is 1. The summed E-state index contributed by atoms with van der Waals surface area (Å²) >= 11 is 0. The zero-order chi connectivity index (χ0) is 18.7. The summed E-state index contributed by atoms with van der Waals surface area (Å²) in [4.78, 5) is 41.9. The molecule has 0 bridgehead atoms. The number of hydrogen-bond acceptors (Lipinski definition) is 5. The Hall–Kier alpha value is -3.23. The molecular weight excluding hydrogens is 336 g/mol. The van der Waals surface area contributed by atoms with Crippen LogP contribution in [0.2, 0.25) is 0 Å². The van der Waals surface area contributed by atoms with Crippen LogP contribution in [0.3, 0.4) is 0 Å². The molecule has 1 fully saturated rings. The molecule has 0 radical (unpaired) electrons. The molecule has 0 aliphatic carbocycles. The first-order valence-corrected chi connectivity index (χ1v) is 8.32. The second-order valence-corrected chi connectivity index (χ2v) is 6.36. The first-order chi connectivity index (χ1) is 12.4. The van der Waals surface area contributed by atoms with Gasteiger partial charge in [-0.05, 0) is 5.56 Å². The Balaban J connectivity index is 1.58. The highest BCUT2D eigenvalue weighted by molar-refractivity contribution is 6.06. The maximum atomic E-state index is 12.4. The predicted octanol–water partition coefficient (Wildman–Crippen LogP) is 1.38. The smallest absolute Gasteiger partial charge is 0.325 e. The quantitative estimate of drug-likeness (QED) is 0.675. The largest absolute Gasteiger partial charge is 0.325 e. The molecule has 2 aromatic rings. The lowest BCUT2D eigenvalue weighted by molar-refractivity contribution is -0.130. The second-order valence-electron chi connectivity index (χ2n) is 6.36. The number of imide groups is 1. The number of aromatic nitrogens is 3. The fraction of sp³-hybridized carbons (Fsp3) is 0.353. The van der Waals surface area contributed by atoms with Gasteiger partial charge in [-0.25, -0.2) is 4.79 Å². The van der Waals surface area contributed by atoms with Crippen LogP contribution in [0.4, 0.5) is 10.7 Å². The average Bonchev–Trinajstić information content (AvgIpc) is 3.16. The van der Waals surface area contributed by atoms with Gasteiger partial charge in [-0.15, -0.1) is 5.10 Å². The molecule has 1 aliphatic heterocycles. The molecule has 2 heterocycles. The minimum atomic E-state index is -0.894. The van der Waals surface area contributed by atoms with Crippen molar-refractivity contribution in [3.63, 3.8) is 0 Å². The van der Waals surface area contributed by atoms with Crippen LogP contribution in [0.1, 0.15) is 37.6 Å². The number of H-pyrrole nitrogens is 1. The molecule has 9 heteroatoms. The molecule has 0 spiro atoms. The summed E-state index contributed by atoms with van der Waals surface area (Å²) in [5.41, 5.74) is 0.836. The van der Waals surface area contributed by atoms with Gasteiger partial charge in [0.25, 0.3) is 5.91 Å². The van der Waals surface area contributed by atoms with Crippen LogP contribution in [0.15, 0.2) is 30.3 Å². The van der Waals surface area contributed by atoms with Crippen LogP contribution in [0, 0.1) is 0 Å². The molecule has 1 atom stereocenters. The van der Waals surface area contributed by atoms with Crippen LogP contribution >= 0.6 is 0 Å². The fourth-order valence-electron chi connectivity index (χ4n) is 2.58. The van der Waals surface area contributed by atoms with Crippen LogP contribution in [-0.2, 0) is 16.1 Å². The summed E-state index contributed by atoms with van der Waals surface area (Å²) in [6.45, 7) is 4.06. The van der Waals surface area contributed by atoms with E-state index in [1.807, 2.05) is 44.2 Å². The van der Waals surface area contributed by atoms with Gasteiger partial charge < -0.3 is 5.32 Å². The van der Waals surface area contributed by atoms with Crippen LogP contribution < -0.4 is 10.6 Å². The Morgan fingerprint density at radius 2 is 2.00 bits per heavy atom. The molecule has 3 N–H and O–H groups in total. The number of urea groups is 1. The molecular formula is C17H20N6O3. The highest BCUT2D eigenvalue weighted by Crippen LogP contribution is 2.15. The molecule has 1 aromatic carbocycles. The van der Waals surface area contributed by atoms with Crippen molar-refractivity contribution in [1.29, 1.82) is 0 Å². The van der Waals surface area contributed by atoms with Gasteiger partial charge in [0.1, 0.15) is 11.9 Å². The summed E-state index contributed by atoms with van der Waals surface area (Å²) in [7, 11) is 0. The van der Waals surface area contributed by atoms with Crippen molar-refractivity contribution >= 4 is 23.8 Å². The molecule has 136 valence electrons. The van der Waals surface area contributed by atoms with Gasteiger partial charge in [-0.3, -0.25) is 24.9 Å². The first-order valence-electron chi connectivity index (χ1n) is 8.32. The van der Waals surface area contributed by atoms with Gasteiger partial charge >= 0.3 is 6.03 Å². The maximum Gasteiger partial charge on any atom is 0.325 e. The van der Waals surface area contributed by atoms with Crippen LogP contribution in [0.5, 0.6) is 0 Å². The third-order valence-electron chi connectivity index (χ3n) is 3.98. The SMILES string of the molecule is CC(C)c1nc(NC(=O)C[C@@H]2NC(=O)N(Cc3ccccc3)C2=O)n[nH]1. The Kier molecular flexibility index (Phi) is 4.97. The highest BCUT2D eigenvalue weighted by Gasteiger charge is 2.39. The van der Waals surface area contributed by atoms with Crippen LogP contribution in [0.25, 0.3) is 0 Å². The zero-order valence-electron chi connectivity index (χ0n) is 14.5. The lowest BCUT2D eigenvalue weighted by Crippen LogP contribution is -2.34. The predicted molar refractivity (Wildman–Crippen MR) is 93.0 cm³/mol. The van der Waals surface area contributed by atoms with E-state index in [1.54, 1.807) is 0 Å². The third-order valence-corrected chi connectivity index (χ3v) is 3.98. The van der Waals surface area contributed by atoms with E-state index in [2.05, 4.69) is 25.8 Å². The fourth-order valence-corrected chi connectivity index (χ4v) is 2.58. The second kappa shape index (κ2) is 7.34. The maximum absolute atomic E-state index is 12.4. The molecule has 26 heavy (non-hydrogen) atoms. The summed E-state index contributed by atoms with van der Waals surface area (Å²) in [5.74, 6) is 0.0815. The van der Waals surface area contributed by atoms with Crippen LogP contribution in [-0.4, -0.2) is 44.0 Å². The van der Waals surface area contributed by atoms with Gasteiger partial charge in [0.05, 0.1) is 13.0 Å². The molecule has 4 amide bonds. The van der Waals surface area contributed by atoms with Crippen molar-refractivity contribution in [2.45, 2.75) is 38.8 Å². The Labute approximate surface area is 150 Å². The number of hydrogen-bond donors (Lipinski definition) is 3. The topological polar surface area (TPSA) is 120 Å². The number of aromatic amines is 1. The average molecular weight is 356 g/mol. The monoisotopic (exact) mass is 356 g/mol. The number of nitrogens with one attached hydrogen (secondary N) is 3. The highest BCUT2D eigenvalue weighted by atomic mass is 16.2. The number of amides is 4. The summed E-state index contributed by atoms with van der Waals surface area (Å²) in [6, 6.07) is 7.79. The van der Waals surface area contributed by atoms with E-state index in [9.17, 15) is 14.4 Å². The lowest BCUT2D eigenvalue weighted by Gasteiger charge is -2.12. The van der Waals surface area contributed by atoms with Crippen molar-refractivity contribution in [1.82, 2.24) is 25.4 Å². The molecule has 1 saturated heterocycles. The summed E-state index contributed by atoms with van der Waals surface area (Å²) < 4.78 is 0. The minimum Gasteiger partial charge on any atom is -0.325 e. The summed E-state index contributed by atoms with van der Waals surface area (Å²) in [5, 5.41) is 11.7. The van der Waals surface area contributed by atoms with E-state index in [-0.39, 0.29) is 24.8 Å². The number of anilines is 1. The van der Waals surface area contributed by atoms with Gasteiger partial charge in [0.2, 0.25) is 11.9 Å². The molecule has 9 nitrogen and oxygen atoms in total. The van der Waals surface area contributed by atoms with E-state index in [1.165, 1.54) is 0 Å². The Bertz CT molecular complexity index is 817. The van der Waals surface area contributed by atoms with Crippen molar-refractivity contribution in [2.24, 2.45) is 0 Å². The number of carbonyl (C=O) groups is 3. The standard InChI is InChI=1S/C17H20N6O3/c1-10(2)14-20-16(22-21-14)19-13(24)8-12-15(25)23(17(26)18-12)9-11-6-4-3-5-7-11/h3-7,10,12H,8-9H2,1-2H3,(H,18,26)(H2,19,20,21,22,24)/t12-/m0/s1. The molecule has 3 rings (SSSR count). The van der Waals surface area contributed by atoms with Crippen molar-refractivity contribution in [3.8, 4) is 0 Å². The van der Waals surface area contributed by atoms with E-state index in [0.717, 1.165) is 10.5 Å². The lowest BCUT2D eigenvalue weighted by atomic mass is 10.2. The van der Waals surface area contributed by atoms with Gasteiger partial charge in [-0.1, -0.05) is 44.2 Å². The summed E-state index contributed by atoms with van der Waals surface area (Å²) in [6.07, 6.45) is -0.179. The molecule has 1 aromatic heterocycles. The van der Waals surface area contributed by atoms with Crippen molar-refractivity contribution < 1.29 is 14.4 Å². The zero-order valence-corrected chi connectivity index (χ0v) is 14.5. The van der Waals surface area contributed by atoms with E-state index >= 15 is 0 Å². The molecule has 1 aliphatic rings.